The van der Waals surface area contributed by atoms with E-state index < -0.39 is 0 Å². The summed E-state index contributed by atoms with van der Waals surface area (Å²) in [5, 5.41) is 14.1. The molecule has 0 aromatic carbocycles. The first kappa shape index (κ1) is 14.3. The number of hydrogen-bond donors (Lipinski definition) is 2. The van der Waals surface area contributed by atoms with E-state index in [1.165, 1.54) is 12.8 Å². The summed E-state index contributed by atoms with van der Waals surface area (Å²) in [6.45, 7) is 2.28. The highest BCUT2D eigenvalue weighted by Crippen LogP contribution is 2.28. The van der Waals surface area contributed by atoms with E-state index in [4.69, 9.17) is 0 Å². The summed E-state index contributed by atoms with van der Waals surface area (Å²) in [6.07, 6.45) is 5.23. The van der Waals surface area contributed by atoms with Crippen molar-refractivity contribution in [3.63, 3.8) is 0 Å². The van der Waals surface area contributed by atoms with Crippen LogP contribution in [-0.2, 0) is 0 Å². The van der Waals surface area contributed by atoms with Crippen molar-refractivity contribution in [2.75, 3.05) is 12.4 Å². The number of aromatic nitrogens is 1. The smallest absolute Gasteiger partial charge is 0.110 e. The fourth-order valence-corrected chi connectivity index (χ4v) is 3.45. The van der Waals surface area contributed by atoms with Crippen molar-refractivity contribution in [2.45, 2.75) is 42.8 Å². The van der Waals surface area contributed by atoms with Crippen molar-refractivity contribution in [3.8, 4) is 0 Å². The number of halogens is 1. The molecule has 1 fully saturated rings. The average Bonchev–Trinajstić information content (AvgIpc) is 3.15. The van der Waals surface area contributed by atoms with Gasteiger partial charge in [0, 0.05) is 28.0 Å². The van der Waals surface area contributed by atoms with Crippen LogP contribution in [0.4, 0.5) is 0 Å². The number of aliphatic hydroxyl groups is 1. The maximum absolute atomic E-state index is 9.52. The minimum absolute atomic E-state index is 0.157. The van der Waals surface area contributed by atoms with Gasteiger partial charge in [-0.2, -0.15) is 0 Å². The molecule has 1 atom stereocenters. The number of pyridine rings is 1. The molecule has 1 heterocycles. The van der Waals surface area contributed by atoms with Crippen molar-refractivity contribution in [1.82, 2.24) is 10.3 Å². The lowest BCUT2D eigenvalue weighted by atomic mass is 10.0. The van der Waals surface area contributed by atoms with Crippen LogP contribution in [0, 0.1) is 0 Å². The van der Waals surface area contributed by atoms with E-state index in [0.717, 1.165) is 21.7 Å². The molecule has 5 heteroatoms. The zero-order chi connectivity index (χ0) is 13.0. The fourth-order valence-electron chi connectivity index (χ4n) is 1.77. The summed E-state index contributed by atoms with van der Waals surface area (Å²) in [5.74, 6) is 0.951. The van der Waals surface area contributed by atoms with Crippen LogP contribution in [0.25, 0.3) is 0 Å². The van der Waals surface area contributed by atoms with Crippen molar-refractivity contribution >= 4 is 27.7 Å². The SMILES string of the molecule is CC(CO)(CCSc1ncccc1Br)NC1CC1. The second-order valence-corrected chi connectivity index (χ2v) is 6.96. The van der Waals surface area contributed by atoms with Gasteiger partial charge in [-0.1, -0.05) is 0 Å². The third-order valence-electron chi connectivity index (χ3n) is 3.10. The molecule has 1 aliphatic rings. The Bertz CT molecular complexity index is 400. The van der Waals surface area contributed by atoms with Crippen LogP contribution in [0.3, 0.4) is 0 Å². The second kappa shape index (κ2) is 6.37. The van der Waals surface area contributed by atoms with E-state index in [0.29, 0.717) is 6.04 Å². The van der Waals surface area contributed by atoms with Crippen LogP contribution < -0.4 is 5.32 Å². The van der Waals surface area contributed by atoms with Gasteiger partial charge >= 0.3 is 0 Å². The number of aliphatic hydroxyl groups excluding tert-OH is 1. The average molecular weight is 331 g/mol. The summed E-state index contributed by atoms with van der Waals surface area (Å²) in [4.78, 5) is 4.33. The number of hydrogen-bond acceptors (Lipinski definition) is 4. The fraction of sp³-hybridized carbons (Fsp3) is 0.615. The standard InChI is InChI=1S/C13H19BrN2OS/c1-13(9-17,16-10-4-5-10)6-8-18-12-11(14)3-2-7-15-12/h2-3,7,10,16-17H,4-6,8-9H2,1H3. The minimum Gasteiger partial charge on any atom is -0.394 e. The maximum Gasteiger partial charge on any atom is 0.110 e. The third kappa shape index (κ3) is 4.23. The van der Waals surface area contributed by atoms with Gasteiger partial charge in [0.2, 0.25) is 0 Å². The zero-order valence-corrected chi connectivity index (χ0v) is 12.9. The topological polar surface area (TPSA) is 45.2 Å². The molecule has 3 nitrogen and oxygen atoms in total. The van der Waals surface area contributed by atoms with Gasteiger partial charge < -0.3 is 10.4 Å². The maximum atomic E-state index is 9.52. The van der Waals surface area contributed by atoms with Gasteiger partial charge in [0.05, 0.1) is 6.61 Å². The lowest BCUT2D eigenvalue weighted by Gasteiger charge is -2.28. The molecule has 18 heavy (non-hydrogen) atoms. The molecule has 0 amide bonds. The first-order valence-corrected chi connectivity index (χ1v) is 8.03. The molecule has 2 N–H and O–H groups in total. The summed E-state index contributed by atoms with van der Waals surface area (Å²) in [7, 11) is 0. The molecule has 1 aliphatic carbocycles. The first-order valence-electron chi connectivity index (χ1n) is 6.25. The molecule has 0 saturated heterocycles. The summed E-state index contributed by atoms with van der Waals surface area (Å²) in [5.41, 5.74) is -0.157. The van der Waals surface area contributed by atoms with E-state index in [9.17, 15) is 5.11 Å². The van der Waals surface area contributed by atoms with Gasteiger partial charge in [-0.15, -0.1) is 11.8 Å². The Morgan fingerprint density at radius 1 is 1.61 bits per heavy atom. The van der Waals surface area contributed by atoms with E-state index in [-0.39, 0.29) is 12.1 Å². The van der Waals surface area contributed by atoms with Crippen LogP contribution >= 0.6 is 27.7 Å². The van der Waals surface area contributed by atoms with E-state index in [1.807, 2.05) is 12.1 Å². The van der Waals surface area contributed by atoms with Crippen LogP contribution in [0.1, 0.15) is 26.2 Å². The monoisotopic (exact) mass is 330 g/mol. The summed E-state index contributed by atoms with van der Waals surface area (Å²) >= 11 is 5.22. The van der Waals surface area contributed by atoms with Gasteiger partial charge in [-0.3, -0.25) is 0 Å². The Morgan fingerprint density at radius 3 is 3.00 bits per heavy atom. The van der Waals surface area contributed by atoms with E-state index in [2.05, 4.69) is 33.2 Å². The van der Waals surface area contributed by atoms with Crippen molar-refractivity contribution < 1.29 is 5.11 Å². The van der Waals surface area contributed by atoms with Crippen molar-refractivity contribution in [3.05, 3.63) is 22.8 Å². The Labute approximate surface area is 121 Å². The molecular weight excluding hydrogens is 312 g/mol. The Kier molecular flexibility index (Phi) is 5.06. The van der Waals surface area contributed by atoms with Gasteiger partial charge in [0.1, 0.15) is 5.03 Å². The van der Waals surface area contributed by atoms with Gasteiger partial charge in [-0.25, -0.2) is 4.98 Å². The molecule has 1 unspecified atom stereocenters. The normalized spacial score (nSPS) is 18.6. The molecule has 100 valence electrons. The molecule has 1 saturated carbocycles. The highest BCUT2D eigenvalue weighted by Gasteiger charge is 2.31. The molecule has 0 radical (unpaired) electrons. The molecule has 2 rings (SSSR count). The largest absolute Gasteiger partial charge is 0.394 e. The minimum atomic E-state index is -0.157. The predicted molar refractivity (Wildman–Crippen MR) is 78.9 cm³/mol. The molecule has 0 bridgehead atoms. The number of nitrogens with one attached hydrogen (secondary N) is 1. The van der Waals surface area contributed by atoms with Crippen molar-refractivity contribution in [1.29, 1.82) is 0 Å². The predicted octanol–water partition coefficient (Wildman–Crippen LogP) is 2.83. The van der Waals surface area contributed by atoms with Crippen molar-refractivity contribution in [2.24, 2.45) is 0 Å². The molecule has 0 aliphatic heterocycles. The quantitative estimate of drug-likeness (QED) is 0.754. The first-order chi connectivity index (χ1) is 8.63. The third-order valence-corrected chi connectivity index (χ3v) is 5.01. The Hall–Kier alpha value is -0.100. The Balaban J connectivity index is 1.81. The van der Waals surface area contributed by atoms with Gasteiger partial charge in [0.25, 0.3) is 0 Å². The number of rotatable bonds is 7. The zero-order valence-electron chi connectivity index (χ0n) is 10.5. The van der Waals surface area contributed by atoms with Crippen LogP contribution in [0.5, 0.6) is 0 Å². The van der Waals surface area contributed by atoms with E-state index >= 15 is 0 Å². The van der Waals surface area contributed by atoms with Crippen LogP contribution in [-0.4, -0.2) is 34.0 Å². The lowest BCUT2D eigenvalue weighted by Crippen LogP contribution is -2.47. The van der Waals surface area contributed by atoms with Gasteiger partial charge in [-0.05, 0) is 54.2 Å². The molecule has 1 aromatic rings. The van der Waals surface area contributed by atoms with Crippen LogP contribution in [0.2, 0.25) is 0 Å². The van der Waals surface area contributed by atoms with E-state index in [1.54, 1.807) is 18.0 Å². The van der Waals surface area contributed by atoms with Crippen LogP contribution in [0.15, 0.2) is 27.8 Å². The molecule has 0 spiro atoms. The summed E-state index contributed by atoms with van der Waals surface area (Å²) < 4.78 is 1.04. The highest BCUT2D eigenvalue weighted by atomic mass is 79.9. The number of nitrogens with zero attached hydrogens (tertiary/aromatic N) is 1. The molecular formula is C13H19BrN2OS. The lowest BCUT2D eigenvalue weighted by molar-refractivity contribution is 0.169. The van der Waals surface area contributed by atoms with Gasteiger partial charge in [0.15, 0.2) is 0 Å². The summed E-state index contributed by atoms with van der Waals surface area (Å²) in [6, 6.07) is 4.54. The Morgan fingerprint density at radius 2 is 2.39 bits per heavy atom. The molecule has 1 aromatic heterocycles. The highest BCUT2D eigenvalue weighted by molar-refractivity contribution is 9.10. The number of thioether (sulfide) groups is 1. The second-order valence-electron chi connectivity index (χ2n) is 5.03.